The highest BCUT2D eigenvalue weighted by atomic mass is 16.5. The fourth-order valence-corrected chi connectivity index (χ4v) is 2.49. The molecule has 0 aliphatic heterocycles. The van der Waals surface area contributed by atoms with Gasteiger partial charge in [-0.2, -0.15) is 0 Å². The molecule has 0 N–H and O–H groups in total. The van der Waals surface area contributed by atoms with Crippen LogP contribution in [0.4, 0.5) is 0 Å². The van der Waals surface area contributed by atoms with Crippen LogP contribution >= 0.6 is 0 Å². The standard InChI is InChI=1S/C19H40N2O4/c1-17(16-21(5,6)7)25-19(23)13-11-9-8-10-12-18(22)24-15-14-20(2,3)4/h17H,8-16H2,1-7H3/q+2. The topological polar surface area (TPSA) is 52.6 Å². The number of nitrogens with zero attached hydrogens (tertiary/aromatic N) is 2. The van der Waals surface area contributed by atoms with E-state index < -0.39 is 0 Å². The van der Waals surface area contributed by atoms with Crippen LogP contribution in [0.3, 0.4) is 0 Å². The molecule has 0 amide bonds. The van der Waals surface area contributed by atoms with Crippen LogP contribution in [0.2, 0.25) is 0 Å². The van der Waals surface area contributed by atoms with E-state index in [4.69, 9.17) is 9.47 Å². The Labute approximate surface area is 154 Å². The maximum atomic E-state index is 11.8. The van der Waals surface area contributed by atoms with E-state index >= 15 is 0 Å². The molecule has 0 spiro atoms. The first kappa shape index (κ1) is 23.9. The summed E-state index contributed by atoms with van der Waals surface area (Å²) in [5.74, 6) is -0.248. The molecule has 0 aliphatic rings. The van der Waals surface area contributed by atoms with Gasteiger partial charge in [0.15, 0.2) is 0 Å². The normalized spacial score (nSPS) is 13.4. The molecule has 0 bridgehead atoms. The van der Waals surface area contributed by atoms with Crippen molar-refractivity contribution < 1.29 is 28.0 Å². The molecule has 0 heterocycles. The van der Waals surface area contributed by atoms with Crippen molar-refractivity contribution in [2.45, 2.75) is 51.6 Å². The van der Waals surface area contributed by atoms with Crippen molar-refractivity contribution >= 4 is 11.9 Å². The lowest BCUT2D eigenvalue weighted by molar-refractivity contribution is -0.873. The first-order valence-electron chi connectivity index (χ1n) is 9.35. The monoisotopic (exact) mass is 360 g/mol. The van der Waals surface area contributed by atoms with Crippen molar-refractivity contribution in [2.24, 2.45) is 0 Å². The van der Waals surface area contributed by atoms with Crippen LogP contribution in [0.1, 0.15) is 45.4 Å². The van der Waals surface area contributed by atoms with Gasteiger partial charge < -0.3 is 18.4 Å². The Kier molecular flexibility index (Phi) is 10.9. The second-order valence-corrected chi connectivity index (χ2v) is 8.92. The number of carbonyl (C=O) groups is 2. The average Bonchev–Trinajstić information content (AvgIpc) is 2.38. The Hall–Kier alpha value is -1.14. The predicted octanol–water partition coefficient (Wildman–Crippen LogP) is 2.21. The van der Waals surface area contributed by atoms with E-state index in [2.05, 4.69) is 42.3 Å². The number of hydrogen-bond acceptors (Lipinski definition) is 4. The summed E-state index contributed by atoms with van der Waals surface area (Å²) in [7, 11) is 12.5. The van der Waals surface area contributed by atoms with Gasteiger partial charge in [-0.3, -0.25) is 9.59 Å². The van der Waals surface area contributed by atoms with Crippen LogP contribution in [0.25, 0.3) is 0 Å². The van der Waals surface area contributed by atoms with Gasteiger partial charge in [0.1, 0.15) is 25.8 Å². The molecule has 0 aromatic heterocycles. The van der Waals surface area contributed by atoms with Gasteiger partial charge in [-0.1, -0.05) is 12.8 Å². The number of rotatable bonds is 13. The van der Waals surface area contributed by atoms with E-state index in [-0.39, 0.29) is 18.0 Å². The molecule has 0 aromatic carbocycles. The highest BCUT2D eigenvalue weighted by Crippen LogP contribution is 2.08. The maximum absolute atomic E-state index is 11.8. The summed E-state index contributed by atoms with van der Waals surface area (Å²) in [6, 6.07) is 0. The summed E-state index contributed by atoms with van der Waals surface area (Å²) in [4.78, 5) is 23.4. The molecule has 0 saturated carbocycles. The minimum atomic E-state index is -0.124. The zero-order valence-electron chi connectivity index (χ0n) is 17.5. The molecule has 1 atom stereocenters. The molecule has 0 aromatic rings. The number of unbranched alkanes of at least 4 members (excludes halogenated alkanes) is 3. The Balaban J connectivity index is 3.60. The lowest BCUT2D eigenvalue weighted by Gasteiger charge is -2.27. The molecule has 1 unspecified atom stereocenters. The second kappa shape index (κ2) is 11.5. The Morgan fingerprint density at radius 3 is 1.80 bits per heavy atom. The van der Waals surface area contributed by atoms with Crippen molar-refractivity contribution in [1.29, 1.82) is 0 Å². The zero-order valence-corrected chi connectivity index (χ0v) is 17.5. The molecule has 6 heteroatoms. The predicted molar refractivity (Wildman–Crippen MR) is 100 cm³/mol. The Morgan fingerprint density at radius 1 is 0.800 bits per heavy atom. The van der Waals surface area contributed by atoms with E-state index in [1.54, 1.807) is 0 Å². The van der Waals surface area contributed by atoms with Gasteiger partial charge in [0.05, 0.1) is 42.3 Å². The van der Waals surface area contributed by atoms with E-state index in [1.807, 2.05) is 6.92 Å². The van der Waals surface area contributed by atoms with Crippen molar-refractivity contribution in [2.75, 3.05) is 62.0 Å². The summed E-state index contributed by atoms with van der Waals surface area (Å²) in [5, 5.41) is 0. The van der Waals surface area contributed by atoms with Crippen LogP contribution in [-0.4, -0.2) is 89.0 Å². The van der Waals surface area contributed by atoms with E-state index in [1.165, 1.54) is 0 Å². The van der Waals surface area contributed by atoms with Gasteiger partial charge in [-0.25, -0.2) is 0 Å². The number of likely N-dealkylation sites (N-methyl/N-ethyl adjacent to an activating group) is 2. The molecule has 0 fully saturated rings. The lowest BCUT2D eigenvalue weighted by Crippen LogP contribution is -2.41. The summed E-state index contributed by atoms with van der Waals surface area (Å²) < 4.78 is 12.2. The van der Waals surface area contributed by atoms with Gasteiger partial charge in [-0.05, 0) is 19.8 Å². The number of ether oxygens (including phenoxy) is 2. The zero-order chi connectivity index (χ0) is 19.5. The van der Waals surface area contributed by atoms with Crippen LogP contribution in [-0.2, 0) is 19.1 Å². The molecule has 6 nitrogen and oxygen atoms in total. The first-order chi connectivity index (χ1) is 11.4. The minimum absolute atomic E-state index is 0.0611. The van der Waals surface area contributed by atoms with Gasteiger partial charge in [0, 0.05) is 12.8 Å². The van der Waals surface area contributed by atoms with Gasteiger partial charge in [-0.15, -0.1) is 0 Å². The molecular weight excluding hydrogens is 320 g/mol. The van der Waals surface area contributed by atoms with E-state index in [0.29, 0.717) is 19.4 Å². The van der Waals surface area contributed by atoms with Gasteiger partial charge >= 0.3 is 11.9 Å². The third kappa shape index (κ3) is 17.5. The van der Waals surface area contributed by atoms with Gasteiger partial charge in [0.2, 0.25) is 0 Å². The molecule has 0 saturated heterocycles. The Bertz CT molecular complexity index is 397. The maximum Gasteiger partial charge on any atom is 0.306 e. The quantitative estimate of drug-likeness (QED) is 0.287. The molecule has 0 aliphatic carbocycles. The second-order valence-electron chi connectivity index (χ2n) is 8.92. The van der Waals surface area contributed by atoms with Gasteiger partial charge in [0.25, 0.3) is 0 Å². The van der Waals surface area contributed by atoms with Crippen molar-refractivity contribution in [3.05, 3.63) is 0 Å². The first-order valence-corrected chi connectivity index (χ1v) is 9.35. The van der Waals surface area contributed by atoms with Crippen LogP contribution < -0.4 is 0 Å². The van der Waals surface area contributed by atoms with Crippen molar-refractivity contribution in [3.63, 3.8) is 0 Å². The van der Waals surface area contributed by atoms with Crippen LogP contribution in [0, 0.1) is 0 Å². The highest BCUT2D eigenvalue weighted by Gasteiger charge is 2.17. The molecule has 0 radical (unpaired) electrons. The Morgan fingerprint density at radius 2 is 1.32 bits per heavy atom. The molecule has 25 heavy (non-hydrogen) atoms. The van der Waals surface area contributed by atoms with Crippen molar-refractivity contribution in [3.8, 4) is 0 Å². The summed E-state index contributed by atoms with van der Waals surface area (Å²) in [6.45, 7) is 4.04. The third-order valence-corrected chi connectivity index (χ3v) is 3.67. The largest absolute Gasteiger partial charge is 0.460 e. The van der Waals surface area contributed by atoms with Crippen LogP contribution in [0.15, 0.2) is 0 Å². The minimum Gasteiger partial charge on any atom is -0.460 e. The summed E-state index contributed by atoms with van der Waals surface area (Å²) in [6.07, 6.45) is 4.35. The van der Waals surface area contributed by atoms with E-state index in [0.717, 1.165) is 47.7 Å². The fraction of sp³-hybridized carbons (Fsp3) is 0.895. The number of hydrogen-bond donors (Lipinski definition) is 0. The smallest absolute Gasteiger partial charge is 0.306 e. The molecular formula is C19H40N2O4+2. The number of carbonyl (C=O) groups excluding carboxylic acids is 2. The van der Waals surface area contributed by atoms with Crippen molar-refractivity contribution in [1.82, 2.24) is 0 Å². The third-order valence-electron chi connectivity index (χ3n) is 3.67. The number of esters is 2. The average molecular weight is 361 g/mol. The SMILES string of the molecule is CC(C[N+](C)(C)C)OC(=O)CCCCCCC(=O)OCC[N+](C)(C)C. The highest BCUT2D eigenvalue weighted by molar-refractivity contribution is 5.69. The van der Waals surface area contributed by atoms with E-state index in [9.17, 15) is 9.59 Å². The number of quaternary nitrogens is 2. The molecule has 0 rings (SSSR count). The summed E-state index contributed by atoms with van der Waals surface area (Å²) in [5.41, 5.74) is 0. The van der Waals surface area contributed by atoms with Crippen LogP contribution in [0.5, 0.6) is 0 Å². The lowest BCUT2D eigenvalue weighted by atomic mass is 10.1. The fourth-order valence-electron chi connectivity index (χ4n) is 2.49. The molecule has 148 valence electrons. The summed E-state index contributed by atoms with van der Waals surface area (Å²) >= 11 is 0.